The molecule has 0 bridgehead atoms. The maximum Gasteiger partial charge on any atom is 0.228 e. The lowest BCUT2D eigenvalue weighted by atomic mass is 10.0. The summed E-state index contributed by atoms with van der Waals surface area (Å²) >= 11 is 7.62. The molecule has 0 unspecified atom stereocenters. The number of ketones is 1. The van der Waals surface area contributed by atoms with Crippen LogP contribution >= 0.6 is 22.9 Å². The second-order valence-corrected chi connectivity index (χ2v) is 6.00. The number of amides is 1. The maximum absolute atomic E-state index is 12.6. The van der Waals surface area contributed by atoms with Crippen molar-refractivity contribution in [3.05, 3.63) is 50.2 Å². The standard InChI is InChI=1S/C15H12ClNO2S/c1-2-8-3-4-20-15(8)14(19)10-5-9-6-13(18)17-12(9)7-11(10)16/h3-5,7H,2,6H2,1H3,(H,17,18). The second kappa shape index (κ2) is 5.04. The Morgan fingerprint density at radius 3 is 3.00 bits per heavy atom. The minimum atomic E-state index is -0.0657. The number of benzene rings is 1. The number of nitrogens with one attached hydrogen (secondary N) is 1. The zero-order valence-electron chi connectivity index (χ0n) is 10.8. The van der Waals surface area contributed by atoms with E-state index in [4.69, 9.17) is 11.6 Å². The Morgan fingerprint density at radius 1 is 1.45 bits per heavy atom. The summed E-state index contributed by atoms with van der Waals surface area (Å²) in [6.45, 7) is 2.02. The van der Waals surface area contributed by atoms with E-state index < -0.39 is 0 Å². The number of thiophene rings is 1. The van der Waals surface area contributed by atoms with Crippen LogP contribution in [0.5, 0.6) is 0 Å². The summed E-state index contributed by atoms with van der Waals surface area (Å²) in [4.78, 5) is 24.7. The first-order valence-corrected chi connectivity index (χ1v) is 7.59. The van der Waals surface area contributed by atoms with Gasteiger partial charge in [-0.1, -0.05) is 18.5 Å². The first-order chi connectivity index (χ1) is 9.60. The van der Waals surface area contributed by atoms with E-state index in [0.717, 1.165) is 22.4 Å². The van der Waals surface area contributed by atoms with Crippen molar-refractivity contribution in [3.63, 3.8) is 0 Å². The van der Waals surface area contributed by atoms with Gasteiger partial charge in [-0.3, -0.25) is 9.59 Å². The van der Waals surface area contributed by atoms with Crippen LogP contribution in [0.15, 0.2) is 23.6 Å². The zero-order valence-corrected chi connectivity index (χ0v) is 12.4. The highest BCUT2D eigenvalue weighted by atomic mass is 35.5. The molecule has 1 amide bonds. The first-order valence-electron chi connectivity index (χ1n) is 6.33. The van der Waals surface area contributed by atoms with E-state index in [-0.39, 0.29) is 11.7 Å². The SMILES string of the molecule is CCc1ccsc1C(=O)c1cc2c(cc1Cl)NC(=O)C2. The molecule has 0 atom stereocenters. The van der Waals surface area contributed by atoms with Gasteiger partial charge in [0.25, 0.3) is 0 Å². The van der Waals surface area contributed by atoms with Gasteiger partial charge in [-0.25, -0.2) is 0 Å². The molecule has 2 heterocycles. The van der Waals surface area contributed by atoms with Crippen molar-refractivity contribution < 1.29 is 9.59 Å². The quantitative estimate of drug-likeness (QED) is 0.879. The van der Waals surface area contributed by atoms with Crippen LogP contribution in [0.2, 0.25) is 5.02 Å². The molecule has 0 fully saturated rings. The molecular weight excluding hydrogens is 294 g/mol. The third-order valence-electron chi connectivity index (χ3n) is 3.40. The summed E-state index contributed by atoms with van der Waals surface area (Å²) in [5.41, 5.74) is 3.04. The molecule has 2 aromatic rings. The number of anilines is 1. The van der Waals surface area contributed by atoms with Gasteiger partial charge in [0, 0.05) is 11.3 Å². The highest BCUT2D eigenvalue weighted by Gasteiger charge is 2.23. The summed E-state index contributed by atoms with van der Waals surface area (Å²) in [7, 11) is 0. The van der Waals surface area contributed by atoms with Crippen molar-refractivity contribution >= 4 is 40.3 Å². The van der Waals surface area contributed by atoms with Crippen molar-refractivity contribution in [2.24, 2.45) is 0 Å². The third kappa shape index (κ3) is 2.15. The predicted molar refractivity (Wildman–Crippen MR) is 80.9 cm³/mol. The van der Waals surface area contributed by atoms with Crippen molar-refractivity contribution in [3.8, 4) is 0 Å². The normalized spacial score (nSPS) is 13.2. The maximum atomic E-state index is 12.6. The number of fused-ring (bicyclic) bond motifs is 1. The average Bonchev–Trinajstić information content (AvgIpc) is 3.01. The molecule has 3 rings (SSSR count). The van der Waals surface area contributed by atoms with E-state index >= 15 is 0 Å². The molecule has 102 valence electrons. The van der Waals surface area contributed by atoms with E-state index in [1.165, 1.54) is 11.3 Å². The number of hydrogen-bond acceptors (Lipinski definition) is 3. The highest BCUT2D eigenvalue weighted by molar-refractivity contribution is 7.12. The predicted octanol–water partition coefficient (Wildman–Crippen LogP) is 3.69. The molecule has 1 N–H and O–H groups in total. The molecule has 1 aliphatic rings. The molecule has 0 radical (unpaired) electrons. The molecule has 1 aromatic heterocycles. The summed E-state index contributed by atoms with van der Waals surface area (Å²) in [6.07, 6.45) is 1.12. The van der Waals surface area contributed by atoms with E-state index in [1.807, 2.05) is 18.4 Å². The van der Waals surface area contributed by atoms with Gasteiger partial charge in [0.2, 0.25) is 11.7 Å². The molecule has 1 aliphatic heterocycles. The summed E-state index contributed by atoms with van der Waals surface area (Å²) in [6, 6.07) is 5.36. The lowest BCUT2D eigenvalue weighted by molar-refractivity contribution is -0.115. The molecule has 5 heteroatoms. The summed E-state index contributed by atoms with van der Waals surface area (Å²) in [5, 5.41) is 5.03. The van der Waals surface area contributed by atoms with Crippen molar-refractivity contribution in [1.29, 1.82) is 0 Å². The topological polar surface area (TPSA) is 46.2 Å². The first kappa shape index (κ1) is 13.3. The minimum absolute atomic E-state index is 0.0639. The summed E-state index contributed by atoms with van der Waals surface area (Å²) in [5.74, 6) is -0.130. The fourth-order valence-electron chi connectivity index (χ4n) is 2.36. The number of rotatable bonds is 3. The second-order valence-electron chi connectivity index (χ2n) is 4.67. The molecule has 20 heavy (non-hydrogen) atoms. The van der Waals surface area contributed by atoms with Crippen LogP contribution < -0.4 is 5.32 Å². The average molecular weight is 306 g/mol. The Morgan fingerprint density at radius 2 is 2.25 bits per heavy atom. The van der Waals surface area contributed by atoms with Gasteiger partial charge in [0.1, 0.15) is 0 Å². The van der Waals surface area contributed by atoms with Crippen molar-refractivity contribution in [2.45, 2.75) is 19.8 Å². The molecule has 0 saturated carbocycles. The Bertz CT molecular complexity index is 721. The van der Waals surface area contributed by atoms with Crippen LogP contribution in [-0.2, 0) is 17.6 Å². The Balaban J connectivity index is 2.05. The lowest BCUT2D eigenvalue weighted by Crippen LogP contribution is -2.03. The third-order valence-corrected chi connectivity index (χ3v) is 4.66. The van der Waals surface area contributed by atoms with Gasteiger partial charge in [-0.2, -0.15) is 0 Å². The Kier molecular flexibility index (Phi) is 3.36. The van der Waals surface area contributed by atoms with Crippen LogP contribution in [0.25, 0.3) is 0 Å². The van der Waals surface area contributed by atoms with E-state index in [0.29, 0.717) is 22.7 Å². The Hall–Kier alpha value is -1.65. The number of carbonyl (C=O) groups is 2. The number of carbonyl (C=O) groups excluding carboxylic acids is 2. The van der Waals surface area contributed by atoms with E-state index in [2.05, 4.69) is 5.32 Å². The highest BCUT2D eigenvalue weighted by Crippen LogP contribution is 2.32. The molecule has 1 aromatic carbocycles. The molecular formula is C15H12ClNO2S. The summed E-state index contributed by atoms with van der Waals surface area (Å²) < 4.78 is 0. The van der Waals surface area contributed by atoms with Crippen molar-refractivity contribution in [2.75, 3.05) is 5.32 Å². The Labute approximate surface area is 125 Å². The minimum Gasteiger partial charge on any atom is -0.325 e. The largest absolute Gasteiger partial charge is 0.325 e. The molecule has 3 nitrogen and oxygen atoms in total. The monoisotopic (exact) mass is 305 g/mol. The smallest absolute Gasteiger partial charge is 0.228 e. The van der Waals surface area contributed by atoms with Gasteiger partial charge < -0.3 is 5.32 Å². The van der Waals surface area contributed by atoms with Crippen LogP contribution in [0, 0.1) is 0 Å². The van der Waals surface area contributed by atoms with Crippen LogP contribution in [0.3, 0.4) is 0 Å². The zero-order chi connectivity index (χ0) is 14.3. The molecule has 0 saturated heterocycles. The van der Waals surface area contributed by atoms with Gasteiger partial charge in [0.05, 0.1) is 16.3 Å². The van der Waals surface area contributed by atoms with Crippen LogP contribution in [0.1, 0.15) is 33.3 Å². The molecule has 0 aliphatic carbocycles. The van der Waals surface area contributed by atoms with E-state index in [9.17, 15) is 9.59 Å². The van der Waals surface area contributed by atoms with Gasteiger partial charge >= 0.3 is 0 Å². The van der Waals surface area contributed by atoms with Crippen molar-refractivity contribution in [1.82, 2.24) is 0 Å². The van der Waals surface area contributed by atoms with E-state index in [1.54, 1.807) is 12.1 Å². The van der Waals surface area contributed by atoms with Gasteiger partial charge in [-0.15, -0.1) is 11.3 Å². The van der Waals surface area contributed by atoms with Crippen LogP contribution in [0.4, 0.5) is 5.69 Å². The fraction of sp³-hybridized carbons (Fsp3) is 0.200. The van der Waals surface area contributed by atoms with Gasteiger partial charge in [0.15, 0.2) is 0 Å². The molecule has 0 spiro atoms. The van der Waals surface area contributed by atoms with Crippen LogP contribution in [-0.4, -0.2) is 11.7 Å². The van der Waals surface area contributed by atoms with Gasteiger partial charge in [-0.05, 0) is 41.1 Å². The lowest BCUT2D eigenvalue weighted by Gasteiger charge is -2.07. The number of hydrogen-bond donors (Lipinski definition) is 1. The number of halogens is 1. The fourth-order valence-corrected chi connectivity index (χ4v) is 3.56. The number of aryl methyl sites for hydroxylation is 1.